The Labute approximate surface area is 301 Å². The van der Waals surface area contributed by atoms with Gasteiger partial charge in [-0.15, -0.1) is 11.7 Å². The number of esters is 1. The number of aliphatic hydroxyl groups is 1. The van der Waals surface area contributed by atoms with Crippen molar-refractivity contribution in [3.63, 3.8) is 0 Å². The number of carbonyl (C=O) groups is 2. The van der Waals surface area contributed by atoms with Crippen LogP contribution in [0.3, 0.4) is 0 Å². The van der Waals surface area contributed by atoms with Gasteiger partial charge in [-0.3, -0.25) is 14.4 Å². The molecule has 1 spiro atoms. The lowest BCUT2D eigenvalue weighted by molar-refractivity contribution is -0.187. The molecule has 1 saturated heterocycles. The maximum Gasteiger partial charge on any atom is 0.343 e. The molecule has 4 aliphatic rings. The van der Waals surface area contributed by atoms with Crippen molar-refractivity contribution >= 4 is 17.4 Å². The molecule has 0 amide bonds. The Balaban J connectivity index is 0.931. The fourth-order valence-electron chi connectivity index (χ4n) is 9.23. The Morgan fingerprint density at radius 2 is 1.80 bits per heavy atom. The first-order chi connectivity index (χ1) is 24.9. The molecule has 2 aromatic carbocycles. The number of rotatable bonds is 18. The largest absolute Gasteiger partial charge is 0.477 e. The van der Waals surface area contributed by atoms with Gasteiger partial charge in [0, 0.05) is 43.3 Å². The predicted octanol–water partition coefficient (Wildman–Crippen LogP) is 6.94. The topological polar surface area (TPSA) is 119 Å². The molecule has 2 bridgehead atoms. The molecule has 1 unspecified atom stereocenters. The first-order valence-electron chi connectivity index (χ1n) is 19.3. The highest BCUT2D eigenvalue weighted by atomic mass is 16.6. The number of hydrogen-bond acceptors (Lipinski definition) is 9. The Morgan fingerprint density at radius 1 is 1.06 bits per heavy atom. The van der Waals surface area contributed by atoms with Gasteiger partial charge in [-0.05, 0) is 61.6 Å². The SMILES string of the molecule is C=CCN1CC[C@]23c4c5ccc(OC(=O)c6ccc(NCc7cn(CCCCCCCCCCCC)nn7)cc6)c4O[C@H]2C(=O)CC[C@@]3(O)C1C5. The zero-order chi connectivity index (χ0) is 35.4. The van der Waals surface area contributed by atoms with Crippen LogP contribution in [0.5, 0.6) is 11.5 Å². The lowest BCUT2D eigenvalue weighted by atomic mass is 9.49. The molecule has 1 aromatic heterocycles. The standard InChI is InChI=1S/C41H53N5O5/c1-3-5-6-7-8-9-10-11-12-13-24-46-28-32(43-44-46)27-42-31-17-14-29(15-18-31)39(48)50-34-19-16-30-26-35-41(49)21-20-33(47)38-40(41,36(30)37(34)51-38)22-25-45(35)23-4-2/h4,14-19,28,35,38,42,49H,2-3,5-13,20-27H2,1H3/t35?,38-,40-,41+/m0/s1. The molecule has 10 heteroatoms. The van der Waals surface area contributed by atoms with Crippen LogP contribution in [0.15, 0.2) is 55.3 Å². The molecule has 3 aromatic rings. The van der Waals surface area contributed by atoms with Crippen LogP contribution in [0.1, 0.15) is 118 Å². The number of carbonyl (C=O) groups excluding carboxylic acids is 2. The summed E-state index contributed by atoms with van der Waals surface area (Å²) in [6, 6.07) is 10.7. The molecule has 4 atom stereocenters. The van der Waals surface area contributed by atoms with E-state index in [1.54, 1.807) is 18.2 Å². The highest BCUT2D eigenvalue weighted by molar-refractivity contribution is 5.93. The number of unbranched alkanes of at least 4 members (excludes halogenated alkanes) is 9. The summed E-state index contributed by atoms with van der Waals surface area (Å²) in [6.45, 7) is 8.99. The van der Waals surface area contributed by atoms with Crippen molar-refractivity contribution in [2.75, 3.05) is 18.4 Å². The first kappa shape index (κ1) is 35.4. The van der Waals surface area contributed by atoms with Crippen LogP contribution in [0.4, 0.5) is 5.69 Å². The Kier molecular flexibility index (Phi) is 10.6. The van der Waals surface area contributed by atoms with Gasteiger partial charge in [-0.1, -0.05) is 82.1 Å². The molecular weight excluding hydrogens is 642 g/mol. The molecule has 51 heavy (non-hydrogen) atoms. The van der Waals surface area contributed by atoms with Crippen molar-refractivity contribution in [1.82, 2.24) is 19.9 Å². The molecule has 10 nitrogen and oxygen atoms in total. The fourth-order valence-corrected chi connectivity index (χ4v) is 9.23. The third-order valence-corrected chi connectivity index (χ3v) is 11.8. The minimum absolute atomic E-state index is 0.00311. The van der Waals surface area contributed by atoms with Gasteiger partial charge in [-0.2, -0.15) is 0 Å². The fraction of sp³-hybridized carbons (Fsp3) is 0.561. The quantitative estimate of drug-likeness (QED) is 0.0632. The Morgan fingerprint density at radius 3 is 2.55 bits per heavy atom. The van der Waals surface area contributed by atoms with Crippen molar-refractivity contribution < 1.29 is 24.2 Å². The van der Waals surface area contributed by atoms with E-state index in [1.165, 1.54) is 57.8 Å². The molecule has 2 aliphatic heterocycles. The van der Waals surface area contributed by atoms with Crippen LogP contribution in [0, 0.1) is 0 Å². The van der Waals surface area contributed by atoms with Crippen LogP contribution in [0.2, 0.25) is 0 Å². The number of aryl methyl sites for hydroxylation is 1. The molecule has 1 saturated carbocycles. The molecular formula is C41H53N5O5. The van der Waals surface area contributed by atoms with Crippen LogP contribution >= 0.6 is 0 Å². The number of ether oxygens (including phenoxy) is 2. The summed E-state index contributed by atoms with van der Waals surface area (Å²) in [5.41, 5.74) is 2.04. The smallest absolute Gasteiger partial charge is 0.343 e. The minimum Gasteiger partial charge on any atom is -0.477 e. The first-order valence-corrected chi connectivity index (χ1v) is 19.3. The van der Waals surface area contributed by atoms with E-state index in [0.29, 0.717) is 43.7 Å². The van der Waals surface area contributed by atoms with Crippen LogP contribution in [-0.4, -0.2) is 67.6 Å². The number of aromatic nitrogens is 3. The van der Waals surface area contributed by atoms with Gasteiger partial charge in [0.05, 0.1) is 29.3 Å². The van der Waals surface area contributed by atoms with Crippen molar-refractivity contribution in [2.45, 2.75) is 133 Å². The number of piperidine rings is 1. The highest BCUT2D eigenvalue weighted by Gasteiger charge is 2.73. The number of ketones is 1. The maximum atomic E-state index is 13.4. The van der Waals surface area contributed by atoms with E-state index in [-0.39, 0.29) is 24.0 Å². The maximum absolute atomic E-state index is 13.4. The van der Waals surface area contributed by atoms with Crippen molar-refractivity contribution in [2.24, 2.45) is 0 Å². The second-order valence-corrected chi connectivity index (χ2v) is 15.0. The van der Waals surface area contributed by atoms with Crippen molar-refractivity contribution in [1.29, 1.82) is 0 Å². The second-order valence-electron chi connectivity index (χ2n) is 15.0. The average Bonchev–Trinajstić information content (AvgIpc) is 3.74. The number of Topliss-reactive ketones (excluding diaryl/α,β-unsaturated/α-hetero) is 1. The Hall–Kier alpha value is -4.02. The number of nitrogens with one attached hydrogen (secondary N) is 1. The Bertz CT molecular complexity index is 1720. The molecule has 2 fully saturated rings. The zero-order valence-corrected chi connectivity index (χ0v) is 30.1. The third-order valence-electron chi connectivity index (χ3n) is 11.8. The van der Waals surface area contributed by atoms with Gasteiger partial charge >= 0.3 is 5.97 Å². The van der Waals surface area contributed by atoms with Gasteiger partial charge in [-0.25, -0.2) is 4.79 Å². The summed E-state index contributed by atoms with van der Waals surface area (Å²) >= 11 is 0. The summed E-state index contributed by atoms with van der Waals surface area (Å²) in [6.07, 6.45) is 18.0. The van der Waals surface area contributed by atoms with E-state index >= 15 is 0 Å². The monoisotopic (exact) mass is 695 g/mol. The summed E-state index contributed by atoms with van der Waals surface area (Å²) in [5.74, 6) is 0.193. The number of hydrogen-bond donors (Lipinski definition) is 2. The van der Waals surface area contributed by atoms with Crippen LogP contribution in [0.25, 0.3) is 0 Å². The summed E-state index contributed by atoms with van der Waals surface area (Å²) in [7, 11) is 0. The van der Waals surface area contributed by atoms with Gasteiger partial charge in [0.15, 0.2) is 23.4 Å². The normalized spacial score (nSPS) is 24.5. The minimum atomic E-state index is -1.11. The van der Waals surface area contributed by atoms with Gasteiger partial charge < -0.3 is 19.9 Å². The lowest BCUT2D eigenvalue weighted by Gasteiger charge is -2.62. The van der Waals surface area contributed by atoms with E-state index in [4.69, 9.17) is 9.47 Å². The van der Waals surface area contributed by atoms with Crippen molar-refractivity contribution in [3.8, 4) is 11.5 Å². The summed E-state index contributed by atoms with van der Waals surface area (Å²) in [4.78, 5) is 29.0. The average molecular weight is 696 g/mol. The molecule has 2 N–H and O–H groups in total. The summed E-state index contributed by atoms with van der Waals surface area (Å²) < 4.78 is 14.3. The highest BCUT2D eigenvalue weighted by Crippen LogP contribution is 2.64. The lowest BCUT2D eigenvalue weighted by Crippen LogP contribution is -2.76. The second kappa shape index (κ2) is 15.3. The predicted molar refractivity (Wildman–Crippen MR) is 196 cm³/mol. The van der Waals surface area contributed by atoms with E-state index in [9.17, 15) is 14.7 Å². The number of likely N-dealkylation sites (tertiary alicyclic amines) is 1. The molecule has 272 valence electrons. The molecule has 7 rings (SSSR count). The van der Waals surface area contributed by atoms with Crippen molar-refractivity contribution in [3.05, 3.63) is 77.6 Å². The van der Waals surface area contributed by atoms with E-state index < -0.39 is 23.1 Å². The van der Waals surface area contributed by atoms with Gasteiger partial charge in [0.25, 0.3) is 0 Å². The van der Waals surface area contributed by atoms with E-state index in [2.05, 4.69) is 34.0 Å². The van der Waals surface area contributed by atoms with Gasteiger partial charge in [0.1, 0.15) is 5.69 Å². The van der Waals surface area contributed by atoms with E-state index in [0.717, 1.165) is 42.0 Å². The number of anilines is 1. The van der Waals surface area contributed by atoms with Gasteiger partial charge in [0.2, 0.25) is 0 Å². The van der Waals surface area contributed by atoms with E-state index in [1.807, 2.05) is 35.2 Å². The van der Waals surface area contributed by atoms with Crippen LogP contribution in [-0.2, 0) is 29.7 Å². The molecule has 3 heterocycles. The molecule has 0 radical (unpaired) electrons. The third kappa shape index (κ3) is 6.73. The van der Waals surface area contributed by atoms with Crippen LogP contribution < -0.4 is 14.8 Å². The molecule has 2 aliphatic carbocycles. The summed E-state index contributed by atoms with van der Waals surface area (Å²) in [5, 5.41) is 24.4. The number of nitrogens with zero attached hydrogens (tertiary/aromatic N) is 4. The zero-order valence-electron chi connectivity index (χ0n) is 30.1. The number of benzene rings is 2.